The predicted molar refractivity (Wildman–Crippen MR) is 351 cm³/mol. The van der Waals surface area contributed by atoms with Gasteiger partial charge in [-0.05, 0) is 57.4 Å². The molecule has 0 spiro atoms. The van der Waals surface area contributed by atoms with Gasteiger partial charge in [0.15, 0.2) is 0 Å². The van der Waals surface area contributed by atoms with Crippen LogP contribution in [0, 0.1) is 0 Å². The normalized spacial score (nSPS) is 13.6. The van der Waals surface area contributed by atoms with Crippen molar-refractivity contribution in [2.45, 2.75) is 380 Å². The Kier molecular flexibility index (Phi) is 60.4. The van der Waals surface area contributed by atoms with E-state index in [1.165, 1.54) is 276 Å². The zero-order valence-corrected chi connectivity index (χ0v) is 56.0. The Morgan fingerprint density at radius 3 is 1.05 bits per heavy atom. The lowest BCUT2D eigenvalue weighted by molar-refractivity contribution is -0.870. The molecule has 3 unspecified atom stereocenters. The third-order valence-electron chi connectivity index (χ3n) is 16.4. The summed E-state index contributed by atoms with van der Waals surface area (Å²) in [5.41, 5.74) is 0. The number of likely N-dealkylation sites (N-methyl/N-ethyl adjacent to an activating group) is 1. The number of nitrogens with zero attached hydrogens (tertiary/aromatic N) is 1. The van der Waals surface area contributed by atoms with E-state index in [9.17, 15) is 19.0 Å². The first-order valence-corrected chi connectivity index (χ1v) is 37.2. The first kappa shape index (κ1) is 79.5. The number of rotatable bonds is 66. The molecular formula is C71H140N2O7P+. The Labute approximate surface area is 504 Å². The first-order valence-electron chi connectivity index (χ1n) is 35.7. The van der Waals surface area contributed by atoms with Crippen LogP contribution in [0.15, 0.2) is 24.3 Å². The van der Waals surface area contributed by atoms with Gasteiger partial charge >= 0.3 is 13.8 Å². The van der Waals surface area contributed by atoms with Crippen molar-refractivity contribution in [2.75, 3.05) is 40.9 Å². The molecule has 0 saturated carbocycles. The van der Waals surface area contributed by atoms with Crippen LogP contribution < -0.4 is 5.32 Å². The molecule has 0 aliphatic rings. The number of nitrogens with one attached hydrogen (secondary N) is 1. The van der Waals surface area contributed by atoms with E-state index in [1.807, 2.05) is 27.2 Å². The second kappa shape index (κ2) is 61.6. The van der Waals surface area contributed by atoms with Gasteiger partial charge in [-0.25, -0.2) is 4.57 Å². The number of amides is 1. The van der Waals surface area contributed by atoms with Crippen molar-refractivity contribution in [3.63, 3.8) is 0 Å². The summed E-state index contributed by atoms with van der Waals surface area (Å²) in [6, 6.07) is -0.842. The number of quaternary nitrogens is 1. The standard InChI is InChI=1S/C71H139N2O7P/c1-7-10-13-16-19-22-25-28-30-31-32-33-34-35-36-37-38-39-40-41-43-45-48-51-54-57-60-63-70(74)72-68(67-79-81(76,77)78-66-65-73(4,5)6)69(62-59-56-53-50-47-44-27-24-21-18-15-12-9-3)80-71(75)64-61-58-55-52-49-46-42-29-26-23-20-17-14-11-8-2/h28,30,59,62,68-69H,7-27,29,31-58,60-61,63-67H2,1-6H3,(H-,72,74,76,77)/p+1/b30-28+,62-59-. The monoisotopic (exact) mass is 1160 g/mol. The number of esters is 1. The van der Waals surface area contributed by atoms with Crippen LogP contribution in [0.3, 0.4) is 0 Å². The molecule has 0 rings (SSSR count). The topological polar surface area (TPSA) is 111 Å². The van der Waals surface area contributed by atoms with Crippen molar-refractivity contribution < 1.29 is 37.3 Å². The van der Waals surface area contributed by atoms with Crippen LogP contribution in [0.4, 0.5) is 0 Å². The van der Waals surface area contributed by atoms with Gasteiger partial charge in [-0.15, -0.1) is 0 Å². The van der Waals surface area contributed by atoms with E-state index >= 15 is 0 Å². The van der Waals surface area contributed by atoms with Crippen LogP contribution in [0.25, 0.3) is 0 Å². The van der Waals surface area contributed by atoms with Crippen molar-refractivity contribution in [3.8, 4) is 0 Å². The minimum atomic E-state index is -4.45. The summed E-state index contributed by atoms with van der Waals surface area (Å²) in [5.74, 6) is -0.481. The maximum atomic E-state index is 13.6. The Hall–Kier alpha value is -1.51. The number of unbranched alkanes of at least 4 members (excludes halogenated alkanes) is 48. The quantitative estimate of drug-likeness (QED) is 0.0205. The predicted octanol–water partition coefficient (Wildman–Crippen LogP) is 22.5. The van der Waals surface area contributed by atoms with Gasteiger partial charge in [-0.3, -0.25) is 18.6 Å². The van der Waals surface area contributed by atoms with Gasteiger partial charge in [-0.2, -0.15) is 0 Å². The number of hydrogen-bond acceptors (Lipinski definition) is 6. The molecule has 0 fully saturated rings. The Morgan fingerprint density at radius 1 is 0.420 bits per heavy atom. The highest BCUT2D eigenvalue weighted by atomic mass is 31.2. The van der Waals surface area contributed by atoms with Crippen molar-refractivity contribution >= 4 is 19.7 Å². The lowest BCUT2D eigenvalue weighted by Crippen LogP contribution is -2.47. The van der Waals surface area contributed by atoms with E-state index in [-0.39, 0.29) is 25.1 Å². The molecule has 0 aromatic carbocycles. The highest BCUT2D eigenvalue weighted by Crippen LogP contribution is 2.43. The fraction of sp³-hybridized carbons (Fsp3) is 0.915. The summed E-state index contributed by atoms with van der Waals surface area (Å²) in [6.07, 6.45) is 74.8. The third kappa shape index (κ3) is 62.8. The number of ether oxygens (including phenoxy) is 1. The second-order valence-electron chi connectivity index (χ2n) is 25.8. The van der Waals surface area contributed by atoms with Gasteiger partial charge < -0.3 is 19.4 Å². The van der Waals surface area contributed by atoms with E-state index in [0.29, 0.717) is 23.9 Å². The molecule has 0 aromatic rings. The number of allylic oxidation sites excluding steroid dienone is 3. The Bertz CT molecular complexity index is 1430. The van der Waals surface area contributed by atoms with Gasteiger partial charge in [0.05, 0.1) is 33.8 Å². The summed E-state index contributed by atoms with van der Waals surface area (Å²) in [6.45, 7) is 7.08. The minimum Gasteiger partial charge on any atom is -0.456 e. The zero-order chi connectivity index (χ0) is 59.3. The molecule has 3 atom stereocenters. The van der Waals surface area contributed by atoms with Crippen molar-refractivity contribution in [1.82, 2.24) is 5.32 Å². The van der Waals surface area contributed by atoms with Crippen molar-refractivity contribution in [1.29, 1.82) is 0 Å². The SMILES string of the molecule is CCCCCCCC/C=C/CCCCCCCCCCCCCCCCCCCC(=O)NC(COP(=O)(O)OCC[N+](C)(C)C)C(/C=C\CCCCCCCCCCCCC)OC(=O)CCCCCCCCCCCCCCCCC. The molecule has 0 heterocycles. The molecule has 10 heteroatoms. The fourth-order valence-electron chi connectivity index (χ4n) is 10.9. The van der Waals surface area contributed by atoms with Crippen molar-refractivity contribution in [3.05, 3.63) is 24.3 Å². The second-order valence-corrected chi connectivity index (χ2v) is 27.2. The van der Waals surface area contributed by atoms with Crippen LogP contribution >= 0.6 is 7.82 Å². The van der Waals surface area contributed by atoms with E-state index in [2.05, 4.69) is 44.3 Å². The molecular weight excluding hydrogens is 1020 g/mol. The maximum Gasteiger partial charge on any atom is 0.472 e. The summed E-state index contributed by atoms with van der Waals surface area (Å²) >= 11 is 0. The van der Waals surface area contributed by atoms with Gasteiger partial charge in [0.2, 0.25) is 5.91 Å². The van der Waals surface area contributed by atoms with Crippen LogP contribution in [0.5, 0.6) is 0 Å². The third-order valence-corrected chi connectivity index (χ3v) is 17.4. The summed E-state index contributed by atoms with van der Waals surface area (Å²) in [4.78, 5) is 37.9. The van der Waals surface area contributed by atoms with E-state index in [4.69, 9.17) is 13.8 Å². The molecule has 81 heavy (non-hydrogen) atoms. The average Bonchev–Trinajstić information content (AvgIpc) is 3.44. The van der Waals surface area contributed by atoms with Gasteiger partial charge in [0.1, 0.15) is 19.3 Å². The molecule has 1 amide bonds. The van der Waals surface area contributed by atoms with Gasteiger partial charge in [0, 0.05) is 12.8 Å². The van der Waals surface area contributed by atoms with E-state index in [1.54, 1.807) is 0 Å². The number of phosphoric acid groups is 1. The van der Waals surface area contributed by atoms with Crippen LogP contribution in [-0.4, -0.2) is 74.3 Å². The molecule has 0 saturated heterocycles. The molecule has 0 bridgehead atoms. The molecule has 0 aliphatic carbocycles. The molecule has 9 nitrogen and oxygen atoms in total. The number of phosphoric ester groups is 1. The molecule has 2 N–H and O–H groups in total. The van der Waals surface area contributed by atoms with E-state index < -0.39 is 20.0 Å². The zero-order valence-electron chi connectivity index (χ0n) is 55.1. The summed E-state index contributed by atoms with van der Waals surface area (Å²) in [5, 5.41) is 3.08. The first-order chi connectivity index (χ1) is 39.4. The van der Waals surface area contributed by atoms with Gasteiger partial charge in [0.25, 0.3) is 0 Å². The lowest BCUT2D eigenvalue weighted by atomic mass is 10.0. The molecule has 0 radical (unpaired) electrons. The van der Waals surface area contributed by atoms with Gasteiger partial charge in [-0.1, -0.05) is 322 Å². The Balaban J connectivity index is 4.98. The fourth-order valence-corrected chi connectivity index (χ4v) is 11.6. The highest BCUT2D eigenvalue weighted by molar-refractivity contribution is 7.47. The molecule has 0 aliphatic heterocycles. The highest BCUT2D eigenvalue weighted by Gasteiger charge is 2.30. The number of hydrogen-bond donors (Lipinski definition) is 2. The molecule has 0 aromatic heterocycles. The average molecular weight is 1160 g/mol. The largest absolute Gasteiger partial charge is 0.472 e. The minimum absolute atomic E-state index is 0.0449. The summed E-state index contributed by atoms with van der Waals surface area (Å²) < 4.78 is 30.8. The number of carbonyl (C=O) groups is 2. The van der Waals surface area contributed by atoms with Crippen LogP contribution in [0.2, 0.25) is 0 Å². The molecule has 480 valence electrons. The van der Waals surface area contributed by atoms with E-state index in [0.717, 1.165) is 57.8 Å². The van der Waals surface area contributed by atoms with Crippen molar-refractivity contribution in [2.24, 2.45) is 0 Å². The van der Waals surface area contributed by atoms with Crippen LogP contribution in [0.1, 0.15) is 367 Å². The number of carbonyl (C=O) groups excluding carboxylic acids is 2. The smallest absolute Gasteiger partial charge is 0.456 e. The lowest BCUT2D eigenvalue weighted by Gasteiger charge is -2.27. The Morgan fingerprint density at radius 2 is 0.716 bits per heavy atom. The van der Waals surface area contributed by atoms with Crippen LogP contribution in [-0.2, 0) is 27.9 Å². The maximum absolute atomic E-state index is 13.6. The summed E-state index contributed by atoms with van der Waals surface area (Å²) in [7, 11) is 1.52.